The zero-order valence-corrected chi connectivity index (χ0v) is 10.9. The van der Waals surface area contributed by atoms with Crippen LogP contribution in [0.5, 0.6) is 0 Å². The summed E-state index contributed by atoms with van der Waals surface area (Å²) < 4.78 is 0. The topological polar surface area (TPSA) is 41.1 Å². The Bertz CT molecular complexity index is 361. The minimum absolute atomic E-state index is 0.0499. The van der Waals surface area contributed by atoms with Crippen LogP contribution in [0, 0.1) is 12.8 Å². The summed E-state index contributed by atoms with van der Waals surface area (Å²) in [5.41, 5.74) is 2.38. The molecule has 2 N–H and O–H groups in total. The van der Waals surface area contributed by atoms with E-state index in [9.17, 15) is 4.79 Å². The predicted octanol–water partition coefficient (Wildman–Crippen LogP) is 1.86. The molecule has 0 atom stereocenters. The Kier molecular flexibility index (Phi) is 5.70. The lowest BCUT2D eigenvalue weighted by Gasteiger charge is -2.09. The summed E-state index contributed by atoms with van der Waals surface area (Å²) in [6.07, 6.45) is 0. The van der Waals surface area contributed by atoms with Crippen molar-refractivity contribution >= 4 is 5.91 Å². The zero-order valence-electron chi connectivity index (χ0n) is 10.9. The first kappa shape index (κ1) is 13.7. The summed E-state index contributed by atoms with van der Waals surface area (Å²) in [5.74, 6) is 0.619. The third kappa shape index (κ3) is 5.50. The summed E-state index contributed by atoms with van der Waals surface area (Å²) in [5, 5.41) is 6.04. The smallest absolute Gasteiger partial charge is 0.234 e. The van der Waals surface area contributed by atoms with Gasteiger partial charge in [-0.05, 0) is 30.5 Å². The molecular formula is C14H22N2O. The van der Waals surface area contributed by atoms with Gasteiger partial charge in [0.05, 0.1) is 6.54 Å². The number of amides is 1. The van der Waals surface area contributed by atoms with E-state index in [0.717, 1.165) is 6.54 Å². The first-order chi connectivity index (χ1) is 8.09. The Morgan fingerprint density at radius 3 is 2.65 bits per heavy atom. The van der Waals surface area contributed by atoms with Crippen molar-refractivity contribution in [2.24, 2.45) is 5.92 Å². The molecule has 1 rings (SSSR count). The van der Waals surface area contributed by atoms with Crippen LogP contribution in [-0.2, 0) is 11.3 Å². The summed E-state index contributed by atoms with van der Waals surface area (Å²) in [6, 6.07) is 8.09. The van der Waals surface area contributed by atoms with Crippen molar-refractivity contribution in [3.63, 3.8) is 0 Å². The van der Waals surface area contributed by atoms with Crippen LogP contribution in [0.2, 0.25) is 0 Å². The molecule has 1 amide bonds. The fraction of sp³-hybridized carbons (Fsp3) is 0.500. The largest absolute Gasteiger partial charge is 0.351 e. The van der Waals surface area contributed by atoms with Crippen molar-refractivity contribution in [1.29, 1.82) is 0 Å². The van der Waals surface area contributed by atoms with Crippen molar-refractivity contribution in [3.8, 4) is 0 Å². The van der Waals surface area contributed by atoms with Crippen LogP contribution in [0.15, 0.2) is 24.3 Å². The maximum Gasteiger partial charge on any atom is 0.234 e. The summed E-state index contributed by atoms with van der Waals surface area (Å²) >= 11 is 0. The zero-order chi connectivity index (χ0) is 12.7. The van der Waals surface area contributed by atoms with Gasteiger partial charge in [-0.25, -0.2) is 0 Å². The number of benzene rings is 1. The molecule has 0 heterocycles. The maximum absolute atomic E-state index is 11.5. The molecule has 3 heteroatoms. The lowest BCUT2D eigenvalue weighted by molar-refractivity contribution is -0.120. The number of nitrogens with one attached hydrogen (secondary N) is 2. The fourth-order valence-electron chi connectivity index (χ4n) is 1.54. The normalized spacial score (nSPS) is 10.6. The number of aryl methyl sites for hydroxylation is 1. The van der Waals surface area contributed by atoms with Gasteiger partial charge in [-0.1, -0.05) is 38.1 Å². The highest BCUT2D eigenvalue weighted by Gasteiger charge is 2.02. The Morgan fingerprint density at radius 1 is 1.29 bits per heavy atom. The van der Waals surface area contributed by atoms with Gasteiger partial charge in [0.25, 0.3) is 0 Å². The summed E-state index contributed by atoms with van der Waals surface area (Å²) in [6.45, 7) is 8.17. The Labute approximate surface area is 104 Å². The summed E-state index contributed by atoms with van der Waals surface area (Å²) in [4.78, 5) is 11.5. The average molecular weight is 234 g/mol. The molecule has 0 unspecified atom stereocenters. The van der Waals surface area contributed by atoms with Crippen molar-refractivity contribution in [2.75, 3.05) is 13.1 Å². The molecule has 0 radical (unpaired) electrons. The quantitative estimate of drug-likeness (QED) is 0.789. The molecule has 0 saturated heterocycles. The van der Waals surface area contributed by atoms with Crippen LogP contribution in [0.3, 0.4) is 0 Å². The third-order valence-corrected chi connectivity index (χ3v) is 2.58. The van der Waals surface area contributed by atoms with E-state index >= 15 is 0 Å². The number of hydrogen-bond donors (Lipinski definition) is 2. The Morgan fingerprint density at radius 2 is 2.00 bits per heavy atom. The van der Waals surface area contributed by atoms with E-state index in [0.29, 0.717) is 19.0 Å². The van der Waals surface area contributed by atoms with Crippen molar-refractivity contribution in [1.82, 2.24) is 10.6 Å². The highest BCUT2D eigenvalue weighted by atomic mass is 16.1. The maximum atomic E-state index is 11.5. The van der Waals surface area contributed by atoms with E-state index in [1.165, 1.54) is 11.1 Å². The van der Waals surface area contributed by atoms with E-state index in [1.807, 2.05) is 18.2 Å². The standard InChI is InChI=1S/C14H22N2O/c1-11(2)8-15-10-14(17)16-9-13-7-5-4-6-12(13)3/h4-7,11,15H,8-10H2,1-3H3,(H,16,17). The van der Waals surface area contributed by atoms with Gasteiger partial charge < -0.3 is 10.6 Å². The molecule has 0 aliphatic carbocycles. The molecule has 0 spiro atoms. The van der Waals surface area contributed by atoms with Crippen molar-refractivity contribution in [2.45, 2.75) is 27.3 Å². The molecule has 1 aromatic rings. The summed E-state index contributed by atoms with van der Waals surface area (Å²) in [7, 11) is 0. The van der Waals surface area contributed by atoms with Gasteiger partial charge in [0.2, 0.25) is 5.91 Å². The van der Waals surface area contributed by atoms with Crippen LogP contribution in [0.1, 0.15) is 25.0 Å². The second-order valence-corrected chi connectivity index (χ2v) is 4.73. The average Bonchev–Trinajstić information content (AvgIpc) is 2.27. The molecule has 1 aromatic carbocycles. The van der Waals surface area contributed by atoms with Gasteiger partial charge >= 0.3 is 0 Å². The molecular weight excluding hydrogens is 212 g/mol. The van der Waals surface area contributed by atoms with E-state index in [4.69, 9.17) is 0 Å². The van der Waals surface area contributed by atoms with Gasteiger partial charge in [-0.3, -0.25) is 4.79 Å². The highest BCUT2D eigenvalue weighted by molar-refractivity contribution is 5.77. The van der Waals surface area contributed by atoms with Crippen molar-refractivity contribution < 1.29 is 4.79 Å². The molecule has 94 valence electrons. The number of carbonyl (C=O) groups excluding carboxylic acids is 1. The highest BCUT2D eigenvalue weighted by Crippen LogP contribution is 2.05. The van der Waals surface area contributed by atoms with Gasteiger partial charge in [-0.2, -0.15) is 0 Å². The lowest BCUT2D eigenvalue weighted by atomic mass is 10.1. The molecule has 0 bridgehead atoms. The molecule has 0 aliphatic heterocycles. The molecule has 0 saturated carbocycles. The first-order valence-electron chi connectivity index (χ1n) is 6.11. The van der Waals surface area contributed by atoms with Crippen LogP contribution < -0.4 is 10.6 Å². The SMILES string of the molecule is Cc1ccccc1CNC(=O)CNCC(C)C. The lowest BCUT2D eigenvalue weighted by Crippen LogP contribution is -2.35. The van der Waals surface area contributed by atoms with Crippen molar-refractivity contribution in [3.05, 3.63) is 35.4 Å². The first-order valence-corrected chi connectivity index (χ1v) is 6.11. The monoisotopic (exact) mass is 234 g/mol. The molecule has 3 nitrogen and oxygen atoms in total. The molecule has 0 aromatic heterocycles. The van der Waals surface area contributed by atoms with Gasteiger partial charge in [0.15, 0.2) is 0 Å². The predicted molar refractivity (Wildman–Crippen MR) is 70.7 cm³/mol. The molecule has 17 heavy (non-hydrogen) atoms. The van der Waals surface area contributed by atoms with Gasteiger partial charge in [0.1, 0.15) is 0 Å². The van der Waals surface area contributed by atoms with Crippen LogP contribution in [0.25, 0.3) is 0 Å². The van der Waals surface area contributed by atoms with E-state index in [-0.39, 0.29) is 5.91 Å². The van der Waals surface area contributed by atoms with E-state index in [2.05, 4.69) is 37.5 Å². The number of carbonyl (C=O) groups is 1. The Balaban J connectivity index is 2.26. The molecule has 0 fully saturated rings. The third-order valence-electron chi connectivity index (χ3n) is 2.58. The van der Waals surface area contributed by atoms with Crippen LogP contribution >= 0.6 is 0 Å². The van der Waals surface area contributed by atoms with Crippen LogP contribution in [-0.4, -0.2) is 19.0 Å². The van der Waals surface area contributed by atoms with Gasteiger partial charge in [0, 0.05) is 6.54 Å². The minimum Gasteiger partial charge on any atom is -0.351 e. The Hall–Kier alpha value is -1.35. The minimum atomic E-state index is 0.0499. The second kappa shape index (κ2) is 7.07. The number of rotatable bonds is 6. The van der Waals surface area contributed by atoms with Crippen LogP contribution in [0.4, 0.5) is 0 Å². The van der Waals surface area contributed by atoms with Gasteiger partial charge in [-0.15, -0.1) is 0 Å². The van der Waals surface area contributed by atoms with E-state index < -0.39 is 0 Å². The fourth-order valence-corrected chi connectivity index (χ4v) is 1.54. The van der Waals surface area contributed by atoms with E-state index in [1.54, 1.807) is 0 Å². The molecule has 0 aliphatic rings. The number of hydrogen-bond acceptors (Lipinski definition) is 2. The second-order valence-electron chi connectivity index (χ2n) is 4.73.